The fourth-order valence-corrected chi connectivity index (χ4v) is 2.76. The monoisotopic (exact) mass is 417 g/mol. The van der Waals surface area contributed by atoms with E-state index < -0.39 is 28.7 Å². The SMILES string of the molecule is CCS(=O)(=O)Nc1ccc(NC(=O)c2ccc(OCC(F)(F)F)nc2)cc1C. The van der Waals surface area contributed by atoms with Gasteiger partial charge in [0, 0.05) is 18.0 Å². The number of pyridine rings is 1. The van der Waals surface area contributed by atoms with Gasteiger partial charge >= 0.3 is 6.18 Å². The second-order valence-electron chi connectivity index (χ2n) is 5.78. The maximum Gasteiger partial charge on any atom is 0.422 e. The molecule has 0 spiro atoms. The van der Waals surface area contributed by atoms with Crippen LogP contribution in [-0.4, -0.2) is 37.8 Å². The number of carbonyl (C=O) groups is 1. The summed E-state index contributed by atoms with van der Waals surface area (Å²) in [4.78, 5) is 15.9. The molecule has 0 aliphatic carbocycles. The molecule has 0 atom stereocenters. The maximum atomic E-state index is 12.2. The molecule has 7 nitrogen and oxygen atoms in total. The highest BCUT2D eigenvalue weighted by Crippen LogP contribution is 2.22. The number of benzene rings is 1. The number of hydrogen-bond donors (Lipinski definition) is 2. The van der Waals surface area contributed by atoms with Crippen molar-refractivity contribution in [1.82, 2.24) is 4.98 Å². The van der Waals surface area contributed by atoms with Crippen LogP contribution in [0.5, 0.6) is 5.88 Å². The Hall–Kier alpha value is -2.82. The molecule has 11 heteroatoms. The summed E-state index contributed by atoms with van der Waals surface area (Å²) in [5.41, 5.74) is 1.53. The Morgan fingerprint density at radius 2 is 1.93 bits per heavy atom. The molecule has 0 aliphatic heterocycles. The van der Waals surface area contributed by atoms with Gasteiger partial charge in [-0.3, -0.25) is 9.52 Å². The first-order valence-electron chi connectivity index (χ1n) is 8.07. The zero-order chi connectivity index (χ0) is 20.9. The standard InChI is InChI=1S/C17H18F3N3O4S/c1-3-28(25,26)23-14-6-5-13(8-11(14)2)22-16(24)12-4-7-15(21-9-12)27-10-17(18,19)20/h4-9,23H,3,10H2,1-2H3,(H,22,24). The molecule has 1 amide bonds. The number of halogens is 3. The predicted molar refractivity (Wildman–Crippen MR) is 98.0 cm³/mol. The quantitative estimate of drug-likeness (QED) is 0.720. The van der Waals surface area contributed by atoms with Crippen LogP contribution >= 0.6 is 0 Å². The number of nitrogens with zero attached hydrogens (tertiary/aromatic N) is 1. The Bertz CT molecular complexity index is 945. The molecule has 28 heavy (non-hydrogen) atoms. The Morgan fingerprint density at radius 1 is 1.21 bits per heavy atom. The lowest BCUT2D eigenvalue weighted by Crippen LogP contribution is -2.19. The fraction of sp³-hybridized carbons (Fsp3) is 0.294. The summed E-state index contributed by atoms with van der Waals surface area (Å²) in [7, 11) is -3.42. The van der Waals surface area contributed by atoms with Crippen LogP contribution in [0.2, 0.25) is 0 Å². The third kappa shape index (κ3) is 6.41. The van der Waals surface area contributed by atoms with E-state index in [0.717, 1.165) is 12.3 Å². The first kappa shape index (κ1) is 21.5. The van der Waals surface area contributed by atoms with Crippen LogP contribution in [0.15, 0.2) is 36.5 Å². The average molecular weight is 417 g/mol. The van der Waals surface area contributed by atoms with E-state index in [0.29, 0.717) is 16.9 Å². The number of aromatic nitrogens is 1. The highest BCUT2D eigenvalue weighted by Gasteiger charge is 2.28. The van der Waals surface area contributed by atoms with E-state index in [4.69, 9.17) is 0 Å². The van der Waals surface area contributed by atoms with Gasteiger partial charge in [-0.2, -0.15) is 13.2 Å². The van der Waals surface area contributed by atoms with Crippen LogP contribution in [0.3, 0.4) is 0 Å². The second-order valence-corrected chi connectivity index (χ2v) is 7.79. The predicted octanol–water partition coefficient (Wildman–Crippen LogP) is 3.35. The largest absolute Gasteiger partial charge is 0.468 e. The first-order chi connectivity index (χ1) is 13.0. The smallest absolute Gasteiger partial charge is 0.422 e. The summed E-state index contributed by atoms with van der Waals surface area (Å²) >= 11 is 0. The van der Waals surface area contributed by atoms with Gasteiger partial charge in [-0.25, -0.2) is 13.4 Å². The highest BCUT2D eigenvalue weighted by atomic mass is 32.2. The third-order valence-corrected chi connectivity index (χ3v) is 4.80. The van der Waals surface area contributed by atoms with Crippen LogP contribution in [0, 0.1) is 6.92 Å². The van der Waals surface area contributed by atoms with Crippen molar-refractivity contribution >= 4 is 27.3 Å². The Morgan fingerprint density at radius 3 is 2.46 bits per heavy atom. The van der Waals surface area contributed by atoms with Gasteiger partial charge in [0.25, 0.3) is 5.91 Å². The molecule has 1 aromatic carbocycles. The van der Waals surface area contributed by atoms with Crippen molar-refractivity contribution in [2.24, 2.45) is 0 Å². The molecule has 0 bridgehead atoms. The number of hydrogen-bond acceptors (Lipinski definition) is 5. The summed E-state index contributed by atoms with van der Waals surface area (Å²) in [5.74, 6) is -0.853. The van der Waals surface area contributed by atoms with E-state index in [1.54, 1.807) is 13.0 Å². The zero-order valence-corrected chi connectivity index (χ0v) is 15.8. The van der Waals surface area contributed by atoms with Crippen LogP contribution in [0.25, 0.3) is 0 Å². The molecule has 0 saturated heterocycles. The van der Waals surface area contributed by atoms with E-state index in [1.165, 1.54) is 25.1 Å². The molecule has 2 N–H and O–H groups in total. The molecule has 2 rings (SSSR count). The van der Waals surface area contributed by atoms with Crippen LogP contribution in [-0.2, 0) is 10.0 Å². The minimum atomic E-state index is -4.48. The number of aryl methyl sites for hydroxylation is 1. The van der Waals surface area contributed by atoms with E-state index in [2.05, 4.69) is 19.8 Å². The normalized spacial score (nSPS) is 11.8. The Kier molecular flexibility index (Phi) is 6.49. The van der Waals surface area contributed by atoms with Gasteiger partial charge in [0.15, 0.2) is 6.61 Å². The number of alkyl halides is 3. The Balaban J connectivity index is 2.03. The number of carbonyl (C=O) groups excluding carboxylic acids is 1. The summed E-state index contributed by atoms with van der Waals surface area (Å²) < 4.78 is 66.5. The van der Waals surface area contributed by atoms with Crippen molar-refractivity contribution in [3.8, 4) is 5.88 Å². The van der Waals surface area contributed by atoms with E-state index >= 15 is 0 Å². The van der Waals surface area contributed by atoms with Crippen molar-refractivity contribution in [3.05, 3.63) is 47.7 Å². The summed E-state index contributed by atoms with van der Waals surface area (Å²) in [6.45, 7) is 1.72. The first-order valence-corrected chi connectivity index (χ1v) is 9.72. The van der Waals surface area contributed by atoms with Crippen molar-refractivity contribution in [2.45, 2.75) is 20.0 Å². The third-order valence-electron chi connectivity index (χ3n) is 3.51. The minimum Gasteiger partial charge on any atom is -0.468 e. The lowest BCUT2D eigenvalue weighted by molar-refractivity contribution is -0.154. The molecule has 0 saturated carbocycles. The average Bonchev–Trinajstić information content (AvgIpc) is 2.62. The summed E-state index contributed by atoms with van der Waals surface area (Å²) in [5, 5.41) is 2.60. The van der Waals surface area contributed by atoms with Gasteiger partial charge in [-0.15, -0.1) is 0 Å². The topological polar surface area (TPSA) is 97.4 Å². The number of ether oxygens (including phenoxy) is 1. The molecule has 0 radical (unpaired) electrons. The molecule has 152 valence electrons. The summed E-state index contributed by atoms with van der Waals surface area (Å²) in [6, 6.07) is 7.07. The number of amides is 1. The van der Waals surface area contributed by atoms with Gasteiger partial charge in [0.2, 0.25) is 15.9 Å². The van der Waals surface area contributed by atoms with Gasteiger partial charge in [0.05, 0.1) is 17.0 Å². The maximum absolute atomic E-state index is 12.2. The molecule has 0 unspecified atom stereocenters. The molecule has 1 heterocycles. The number of nitrogens with one attached hydrogen (secondary N) is 2. The van der Waals surface area contributed by atoms with Gasteiger partial charge in [-0.05, 0) is 43.7 Å². The molecular formula is C17H18F3N3O4S. The molecular weight excluding hydrogens is 399 g/mol. The molecule has 0 fully saturated rings. The zero-order valence-electron chi connectivity index (χ0n) is 15.0. The van der Waals surface area contributed by atoms with Crippen molar-refractivity contribution in [1.29, 1.82) is 0 Å². The van der Waals surface area contributed by atoms with Crippen LogP contribution in [0.4, 0.5) is 24.5 Å². The van der Waals surface area contributed by atoms with Crippen molar-refractivity contribution in [3.63, 3.8) is 0 Å². The van der Waals surface area contributed by atoms with Crippen LogP contribution < -0.4 is 14.8 Å². The molecule has 0 aliphatic rings. The molecule has 2 aromatic rings. The second kappa shape index (κ2) is 8.46. The highest BCUT2D eigenvalue weighted by molar-refractivity contribution is 7.92. The van der Waals surface area contributed by atoms with Crippen molar-refractivity contribution < 1.29 is 31.1 Å². The Labute approximate surface area is 160 Å². The van der Waals surface area contributed by atoms with Gasteiger partial charge < -0.3 is 10.1 Å². The van der Waals surface area contributed by atoms with Crippen molar-refractivity contribution in [2.75, 3.05) is 22.4 Å². The van der Waals surface area contributed by atoms with Gasteiger partial charge in [0.1, 0.15) is 0 Å². The van der Waals surface area contributed by atoms with E-state index in [-0.39, 0.29) is 17.2 Å². The number of sulfonamides is 1. The number of rotatable bonds is 7. The molecule has 1 aromatic heterocycles. The lowest BCUT2D eigenvalue weighted by Gasteiger charge is -2.12. The lowest BCUT2D eigenvalue weighted by atomic mass is 10.1. The van der Waals surface area contributed by atoms with Gasteiger partial charge in [-0.1, -0.05) is 0 Å². The van der Waals surface area contributed by atoms with E-state index in [1.807, 2.05) is 0 Å². The fourth-order valence-electron chi connectivity index (χ4n) is 2.05. The van der Waals surface area contributed by atoms with E-state index in [9.17, 15) is 26.4 Å². The van der Waals surface area contributed by atoms with Crippen LogP contribution in [0.1, 0.15) is 22.8 Å². The number of anilines is 2. The minimum absolute atomic E-state index is 0.0688. The summed E-state index contributed by atoms with van der Waals surface area (Å²) in [6.07, 6.45) is -3.38.